The molecule has 0 bridgehead atoms. The molecule has 3 nitrogen and oxygen atoms in total. The fourth-order valence-electron chi connectivity index (χ4n) is 0.639. The minimum Gasteiger partial charge on any atom is -0.320 e. The Balaban J connectivity index is 2.76. The van der Waals surface area contributed by atoms with E-state index in [2.05, 4.69) is 16.9 Å². The van der Waals surface area contributed by atoms with Crippen LogP contribution in [-0.2, 0) is 7.05 Å². The van der Waals surface area contributed by atoms with Crippen molar-refractivity contribution in [2.45, 2.75) is 0 Å². The summed E-state index contributed by atoms with van der Waals surface area (Å²) in [6.07, 6.45) is 3.56. The normalized spacial score (nSPS) is 8.60. The van der Waals surface area contributed by atoms with Crippen molar-refractivity contribution < 1.29 is 0 Å². The van der Waals surface area contributed by atoms with Gasteiger partial charge in [-0.3, -0.25) is 4.68 Å². The van der Waals surface area contributed by atoms with Crippen molar-refractivity contribution in [3.8, 4) is 11.8 Å². The van der Waals surface area contributed by atoms with E-state index in [-0.39, 0.29) is 0 Å². The molecule has 10 heavy (non-hydrogen) atoms. The Hall–Kier alpha value is -1.27. The first-order valence-electron chi connectivity index (χ1n) is 3.00. The van der Waals surface area contributed by atoms with E-state index < -0.39 is 0 Å². The van der Waals surface area contributed by atoms with E-state index in [0.717, 1.165) is 5.56 Å². The lowest BCUT2D eigenvalue weighted by Gasteiger charge is -1.79. The summed E-state index contributed by atoms with van der Waals surface area (Å²) in [5.41, 5.74) is 6.09. The maximum atomic E-state index is 5.18. The van der Waals surface area contributed by atoms with Crippen molar-refractivity contribution in [1.29, 1.82) is 0 Å². The molecule has 0 aliphatic heterocycles. The van der Waals surface area contributed by atoms with Crippen molar-refractivity contribution >= 4 is 0 Å². The second-order valence-corrected chi connectivity index (χ2v) is 1.91. The SMILES string of the molecule is Cn1cc(C#CCN)cn1. The van der Waals surface area contributed by atoms with Crippen LogP contribution in [0, 0.1) is 11.8 Å². The van der Waals surface area contributed by atoms with Crippen molar-refractivity contribution in [2.75, 3.05) is 6.54 Å². The standard InChI is InChI=1S/C7H9N3/c1-10-6-7(5-9-10)3-2-4-8/h5-6H,4,8H2,1H3. The molecule has 52 valence electrons. The molecule has 0 amide bonds. The quantitative estimate of drug-likeness (QED) is 0.498. The highest BCUT2D eigenvalue weighted by molar-refractivity contribution is 5.29. The number of hydrogen-bond donors (Lipinski definition) is 1. The van der Waals surface area contributed by atoms with Crippen LogP contribution in [0.1, 0.15) is 5.56 Å². The fraction of sp³-hybridized carbons (Fsp3) is 0.286. The fourth-order valence-corrected chi connectivity index (χ4v) is 0.639. The summed E-state index contributed by atoms with van der Waals surface area (Å²) in [7, 11) is 1.85. The topological polar surface area (TPSA) is 43.8 Å². The maximum absolute atomic E-state index is 5.18. The van der Waals surface area contributed by atoms with Crippen LogP contribution >= 0.6 is 0 Å². The lowest BCUT2D eigenvalue weighted by Crippen LogP contribution is -1.92. The van der Waals surface area contributed by atoms with Gasteiger partial charge in [0.2, 0.25) is 0 Å². The first kappa shape index (κ1) is 6.84. The van der Waals surface area contributed by atoms with Crippen LogP contribution in [0.15, 0.2) is 12.4 Å². The highest BCUT2D eigenvalue weighted by Crippen LogP contribution is 1.90. The third-order valence-corrected chi connectivity index (χ3v) is 1.04. The van der Waals surface area contributed by atoms with E-state index in [1.54, 1.807) is 10.9 Å². The molecule has 0 saturated heterocycles. The predicted octanol–water partition coefficient (Wildman–Crippen LogP) is -0.270. The number of nitrogens with zero attached hydrogens (tertiary/aromatic N) is 2. The number of nitrogens with two attached hydrogens (primary N) is 1. The molecule has 0 saturated carbocycles. The van der Waals surface area contributed by atoms with E-state index >= 15 is 0 Å². The smallest absolute Gasteiger partial charge is 0.0646 e. The van der Waals surface area contributed by atoms with Gasteiger partial charge in [0.1, 0.15) is 0 Å². The predicted molar refractivity (Wildman–Crippen MR) is 39.1 cm³/mol. The zero-order valence-electron chi connectivity index (χ0n) is 5.83. The van der Waals surface area contributed by atoms with E-state index in [1.165, 1.54) is 0 Å². The van der Waals surface area contributed by atoms with Crippen molar-refractivity contribution in [2.24, 2.45) is 12.8 Å². The first-order valence-corrected chi connectivity index (χ1v) is 3.00. The summed E-state index contributed by atoms with van der Waals surface area (Å²) in [5.74, 6) is 5.61. The van der Waals surface area contributed by atoms with Crippen molar-refractivity contribution in [3.05, 3.63) is 18.0 Å². The summed E-state index contributed by atoms with van der Waals surface area (Å²) in [6, 6.07) is 0. The molecule has 0 spiro atoms. The molecule has 0 aromatic carbocycles. The number of aryl methyl sites for hydroxylation is 1. The van der Waals surface area contributed by atoms with E-state index in [0.29, 0.717) is 6.54 Å². The zero-order chi connectivity index (χ0) is 7.40. The summed E-state index contributed by atoms with van der Waals surface area (Å²) in [4.78, 5) is 0. The van der Waals surface area contributed by atoms with Gasteiger partial charge in [0.15, 0.2) is 0 Å². The third kappa shape index (κ3) is 1.61. The van der Waals surface area contributed by atoms with Crippen LogP contribution in [0.3, 0.4) is 0 Å². The first-order chi connectivity index (χ1) is 4.83. The molecule has 1 aromatic rings. The van der Waals surface area contributed by atoms with Gasteiger partial charge in [-0.1, -0.05) is 11.8 Å². The zero-order valence-corrected chi connectivity index (χ0v) is 5.83. The molecule has 1 aromatic heterocycles. The Morgan fingerprint density at radius 2 is 2.60 bits per heavy atom. The van der Waals surface area contributed by atoms with Gasteiger partial charge >= 0.3 is 0 Å². The van der Waals surface area contributed by atoms with Crippen LogP contribution in [0.25, 0.3) is 0 Å². The summed E-state index contributed by atoms with van der Waals surface area (Å²) < 4.78 is 1.71. The Bertz CT molecular complexity index is 264. The molecule has 2 N–H and O–H groups in total. The lowest BCUT2D eigenvalue weighted by atomic mass is 10.4. The van der Waals surface area contributed by atoms with Gasteiger partial charge in [-0.2, -0.15) is 5.10 Å². The minimum absolute atomic E-state index is 0.398. The number of hydrogen-bond acceptors (Lipinski definition) is 2. The highest BCUT2D eigenvalue weighted by atomic mass is 15.2. The Morgan fingerprint density at radius 1 is 1.80 bits per heavy atom. The third-order valence-electron chi connectivity index (χ3n) is 1.04. The minimum atomic E-state index is 0.398. The monoisotopic (exact) mass is 135 g/mol. The Morgan fingerprint density at radius 3 is 3.10 bits per heavy atom. The molecule has 0 fully saturated rings. The van der Waals surface area contributed by atoms with Gasteiger partial charge in [0, 0.05) is 13.2 Å². The molecule has 0 aliphatic carbocycles. The summed E-state index contributed by atoms with van der Waals surface area (Å²) >= 11 is 0. The van der Waals surface area contributed by atoms with Crippen LogP contribution in [0.5, 0.6) is 0 Å². The molecule has 1 heterocycles. The average molecular weight is 135 g/mol. The lowest BCUT2D eigenvalue weighted by molar-refractivity contribution is 0.767. The molecular weight excluding hydrogens is 126 g/mol. The number of rotatable bonds is 0. The van der Waals surface area contributed by atoms with E-state index in [1.807, 2.05) is 13.2 Å². The van der Waals surface area contributed by atoms with Crippen LogP contribution in [0.4, 0.5) is 0 Å². The number of aromatic nitrogens is 2. The van der Waals surface area contributed by atoms with E-state index in [4.69, 9.17) is 5.73 Å². The largest absolute Gasteiger partial charge is 0.320 e. The van der Waals surface area contributed by atoms with Gasteiger partial charge in [0.25, 0.3) is 0 Å². The van der Waals surface area contributed by atoms with Crippen molar-refractivity contribution in [3.63, 3.8) is 0 Å². The molecular formula is C7H9N3. The highest BCUT2D eigenvalue weighted by Gasteiger charge is 1.86. The second kappa shape index (κ2) is 3.04. The molecule has 1 rings (SSSR count). The molecule has 0 atom stereocenters. The van der Waals surface area contributed by atoms with E-state index in [9.17, 15) is 0 Å². The maximum Gasteiger partial charge on any atom is 0.0646 e. The Kier molecular flexibility index (Phi) is 2.08. The Labute approximate surface area is 59.8 Å². The van der Waals surface area contributed by atoms with Crippen LogP contribution < -0.4 is 5.73 Å². The van der Waals surface area contributed by atoms with Crippen LogP contribution in [-0.4, -0.2) is 16.3 Å². The molecule has 3 heteroatoms. The van der Waals surface area contributed by atoms with Gasteiger partial charge in [-0.25, -0.2) is 0 Å². The van der Waals surface area contributed by atoms with Crippen molar-refractivity contribution in [1.82, 2.24) is 9.78 Å². The summed E-state index contributed by atoms with van der Waals surface area (Å²) in [6.45, 7) is 0.398. The summed E-state index contributed by atoms with van der Waals surface area (Å²) in [5, 5.41) is 3.94. The van der Waals surface area contributed by atoms with Gasteiger partial charge in [-0.15, -0.1) is 0 Å². The van der Waals surface area contributed by atoms with Gasteiger partial charge < -0.3 is 5.73 Å². The van der Waals surface area contributed by atoms with Gasteiger partial charge in [-0.05, 0) is 0 Å². The molecule has 0 radical (unpaired) electrons. The van der Waals surface area contributed by atoms with Crippen LogP contribution in [0.2, 0.25) is 0 Å². The van der Waals surface area contributed by atoms with Gasteiger partial charge in [0.05, 0.1) is 18.3 Å². The molecule has 0 aliphatic rings. The molecule has 0 unspecified atom stereocenters. The average Bonchev–Trinajstić information content (AvgIpc) is 2.31. The second-order valence-electron chi connectivity index (χ2n) is 1.91.